The van der Waals surface area contributed by atoms with Crippen molar-refractivity contribution in [2.45, 2.75) is 45.1 Å². The lowest BCUT2D eigenvalue weighted by molar-refractivity contribution is -0.136. The first-order valence-electron chi connectivity index (χ1n) is 9.36. The lowest BCUT2D eigenvalue weighted by atomic mass is 9.90. The van der Waals surface area contributed by atoms with Crippen LogP contribution in [0.25, 0.3) is 0 Å². The van der Waals surface area contributed by atoms with Crippen molar-refractivity contribution in [2.75, 3.05) is 32.8 Å². The minimum Gasteiger partial charge on any atom is -0.375 e. The first-order valence-corrected chi connectivity index (χ1v) is 9.36. The molecule has 1 aromatic carbocycles. The highest BCUT2D eigenvalue weighted by Crippen LogP contribution is 2.23. The molecule has 2 aliphatic heterocycles. The van der Waals surface area contributed by atoms with Crippen LogP contribution in [-0.2, 0) is 16.0 Å². The largest absolute Gasteiger partial charge is 0.375 e. The van der Waals surface area contributed by atoms with E-state index < -0.39 is 0 Å². The Balaban J connectivity index is 0.00000225. The molecule has 1 aromatic rings. The van der Waals surface area contributed by atoms with Gasteiger partial charge < -0.3 is 15.0 Å². The van der Waals surface area contributed by atoms with E-state index >= 15 is 0 Å². The maximum atomic E-state index is 12.4. The Hall–Kier alpha value is -1.10. The molecule has 0 bridgehead atoms. The Morgan fingerprint density at radius 1 is 1.24 bits per heavy atom. The van der Waals surface area contributed by atoms with E-state index in [1.54, 1.807) is 0 Å². The van der Waals surface area contributed by atoms with Crippen LogP contribution >= 0.6 is 12.4 Å². The zero-order valence-electron chi connectivity index (χ0n) is 15.2. The van der Waals surface area contributed by atoms with Crippen LogP contribution in [0, 0.1) is 12.8 Å². The quantitative estimate of drug-likeness (QED) is 0.871. The number of carbonyl (C=O) groups is 1. The summed E-state index contributed by atoms with van der Waals surface area (Å²) < 4.78 is 5.65. The Bertz CT molecular complexity index is 521. The van der Waals surface area contributed by atoms with Crippen molar-refractivity contribution in [3.05, 3.63) is 35.4 Å². The van der Waals surface area contributed by atoms with Crippen LogP contribution in [-0.4, -0.2) is 49.7 Å². The number of nitrogens with zero attached hydrogens (tertiary/aromatic N) is 1. The summed E-state index contributed by atoms with van der Waals surface area (Å²) in [4.78, 5) is 14.4. The second kappa shape index (κ2) is 10.1. The Kier molecular flexibility index (Phi) is 8.20. The number of aryl methyl sites for hydroxylation is 2. The molecule has 2 heterocycles. The third-order valence-corrected chi connectivity index (χ3v) is 5.34. The van der Waals surface area contributed by atoms with Crippen LogP contribution in [0.2, 0.25) is 0 Å². The van der Waals surface area contributed by atoms with Crippen molar-refractivity contribution < 1.29 is 9.53 Å². The molecule has 4 nitrogen and oxygen atoms in total. The fourth-order valence-electron chi connectivity index (χ4n) is 3.67. The van der Waals surface area contributed by atoms with E-state index in [-0.39, 0.29) is 24.4 Å². The van der Waals surface area contributed by atoms with Gasteiger partial charge in [-0.3, -0.25) is 4.79 Å². The molecular weight excluding hydrogens is 336 g/mol. The molecule has 3 rings (SSSR count). The molecule has 1 unspecified atom stereocenters. The Morgan fingerprint density at radius 3 is 2.60 bits per heavy atom. The number of benzene rings is 1. The van der Waals surface area contributed by atoms with Crippen molar-refractivity contribution in [3.63, 3.8) is 0 Å². The molecule has 0 radical (unpaired) electrons. The van der Waals surface area contributed by atoms with Crippen LogP contribution in [0.4, 0.5) is 0 Å². The lowest BCUT2D eigenvalue weighted by Crippen LogP contribution is -2.44. The maximum absolute atomic E-state index is 12.4. The monoisotopic (exact) mass is 366 g/mol. The molecule has 0 saturated carbocycles. The van der Waals surface area contributed by atoms with Crippen LogP contribution < -0.4 is 5.32 Å². The standard InChI is InChI=1S/C20H30N2O2.ClH/c1-16-2-4-17(5-3-16)6-7-18-8-11-22(12-9-18)20(23)14-19-15-21-10-13-24-19;/h2-5,18-19,21H,6-15H2,1H3;1H. The number of hydrogen-bond donors (Lipinski definition) is 1. The average Bonchev–Trinajstić information content (AvgIpc) is 2.62. The van der Waals surface area contributed by atoms with E-state index in [1.165, 1.54) is 17.5 Å². The number of nitrogens with one attached hydrogen (secondary N) is 1. The molecule has 140 valence electrons. The molecule has 1 atom stereocenters. The lowest BCUT2D eigenvalue weighted by Gasteiger charge is -2.33. The van der Waals surface area contributed by atoms with Gasteiger partial charge in [-0.05, 0) is 44.1 Å². The summed E-state index contributed by atoms with van der Waals surface area (Å²) in [5.41, 5.74) is 2.75. The van der Waals surface area contributed by atoms with Crippen molar-refractivity contribution in [3.8, 4) is 0 Å². The summed E-state index contributed by atoms with van der Waals surface area (Å²) in [5, 5.41) is 3.29. The van der Waals surface area contributed by atoms with Gasteiger partial charge in [0.1, 0.15) is 0 Å². The third kappa shape index (κ3) is 6.28. The number of likely N-dealkylation sites (tertiary alicyclic amines) is 1. The number of carbonyl (C=O) groups excluding carboxylic acids is 1. The zero-order chi connectivity index (χ0) is 16.8. The summed E-state index contributed by atoms with van der Waals surface area (Å²) in [6.07, 6.45) is 5.26. The van der Waals surface area contributed by atoms with Crippen molar-refractivity contribution in [1.82, 2.24) is 10.2 Å². The van der Waals surface area contributed by atoms with Gasteiger partial charge in [0.2, 0.25) is 5.91 Å². The number of amides is 1. The van der Waals surface area contributed by atoms with Crippen LogP contribution in [0.5, 0.6) is 0 Å². The highest BCUT2D eigenvalue weighted by molar-refractivity contribution is 5.85. The van der Waals surface area contributed by atoms with Gasteiger partial charge in [0.15, 0.2) is 0 Å². The minimum atomic E-state index is 0. The van der Waals surface area contributed by atoms with E-state index in [2.05, 4.69) is 36.5 Å². The SMILES string of the molecule is Cc1ccc(CCC2CCN(C(=O)CC3CNCCO3)CC2)cc1.Cl. The van der Waals surface area contributed by atoms with Gasteiger partial charge in [-0.2, -0.15) is 0 Å². The van der Waals surface area contributed by atoms with Crippen molar-refractivity contribution >= 4 is 18.3 Å². The average molecular weight is 367 g/mol. The summed E-state index contributed by atoms with van der Waals surface area (Å²) in [6, 6.07) is 8.87. The van der Waals surface area contributed by atoms with Gasteiger partial charge in [0, 0.05) is 26.2 Å². The van der Waals surface area contributed by atoms with E-state index in [9.17, 15) is 4.79 Å². The molecule has 25 heavy (non-hydrogen) atoms. The molecule has 0 aliphatic carbocycles. The fourth-order valence-corrected chi connectivity index (χ4v) is 3.67. The van der Waals surface area contributed by atoms with Crippen molar-refractivity contribution in [1.29, 1.82) is 0 Å². The predicted molar refractivity (Wildman–Crippen MR) is 103 cm³/mol. The van der Waals surface area contributed by atoms with E-state index in [1.807, 2.05) is 4.90 Å². The molecule has 0 aromatic heterocycles. The summed E-state index contributed by atoms with van der Waals surface area (Å²) in [5.74, 6) is 1.02. The van der Waals surface area contributed by atoms with Gasteiger partial charge in [-0.15, -0.1) is 12.4 Å². The van der Waals surface area contributed by atoms with E-state index in [0.717, 1.165) is 58.0 Å². The molecule has 2 fully saturated rings. The normalized spacial score (nSPS) is 21.6. The van der Waals surface area contributed by atoms with Crippen LogP contribution in [0.15, 0.2) is 24.3 Å². The highest BCUT2D eigenvalue weighted by Gasteiger charge is 2.25. The molecule has 1 amide bonds. The second-order valence-electron chi connectivity index (χ2n) is 7.25. The Labute approximate surface area is 157 Å². The number of hydrogen-bond acceptors (Lipinski definition) is 3. The number of ether oxygens (including phenoxy) is 1. The van der Waals surface area contributed by atoms with Gasteiger partial charge in [0.25, 0.3) is 0 Å². The maximum Gasteiger partial charge on any atom is 0.225 e. The second-order valence-corrected chi connectivity index (χ2v) is 7.25. The minimum absolute atomic E-state index is 0. The first-order chi connectivity index (χ1) is 11.7. The fraction of sp³-hybridized carbons (Fsp3) is 0.650. The van der Waals surface area contributed by atoms with Gasteiger partial charge >= 0.3 is 0 Å². The number of rotatable bonds is 5. The van der Waals surface area contributed by atoms with Gasteiger partial charge in [0.05, 0.1) is 19.1 Å². The molecule has 2 saturated heterocycles. The number of morpholine rings is 1. The van der Waals surface area contributed by atoms with Gasteiger partial charge in [-0.1, -0.05) is 29.8 Å². The highest BCUT2D eigenvalue weighted by atomic mass is 35.5. The van der Waals surface area contributed by atoms with Crippen LogP contribution in [0.1, 0.15) is 36.8 Å². The molecule has 2 aliphatic rings. The molecule has 5 heteroatoms. The smallest absolute Gasteiger partial charge is 0.225 e. The Morgan fingerprint density at radius 2 is 1.96 bits per heavy atom. The summed E-state index contributed by atoms with van der Waals surface area (Å²) in [6.45, 7) is 6.38. The topological polar surface area (TPSA) is 41.6 Å². The molecule has 0 spiro atoms. The molecule has 1 N–H and O–H groups in total. The van der Waals surface area contributed by atoms with E-state index in [4.69, 9.17) is 4.74 Å². The van der Waals surface area contributed by atoms with Gasteiger partial charge in [-0.25, -0.2) is 0 Å². The summed E-state index contributed by atoms with van der Waals surface area (Å²) in [7, 11) is 0. The summed E-state index contributed by atoms with van der Waals surface area (Å²) >= 11 is 0. The van der Waals surface area contributed by atoms with Crippen molar-refractivity contribution in [2.24, 2.45) is 5.92 Å². The predicted octanol–water partition coefficient (Wildman–Crippen LogP) is 2.97. The third-order valence-electron chi connectivity index (χ3n) is 5.34. The number of halogens is 1. The number of piperidine rings is 1. The van der Waals surface area contributed by atoms with Crippen LogP contribution in [0.3, 0.4) is 0 Å². The zero-order valence-corrected chi connectivity index (χ0v) is 16.0. The molecular formula is C20H31ClN2O2. The first kappa shape index (κ1) is 20.2. The van der Waals surface area contributed by atoms with E-state index in [0.29, 0.717) is 6.42 Å².